The molecule has 0 saturated carbocycles. The molecule has 2 saturated heterocycles. The fraction of sp³-hybridized carbons (Fsp3) is 0.667. The van der Waals surface area contributed by atoms with Crippen molar-refractivity contribution in [3.05, 3.63) is 30.1 Å². The molecule has 0 unspecified atom stereocenters. The number of aryl methyl sites for hydroxylation is 1. The highest BCUT2D eigenvalue weighted by molar-refractivity contribution is 5.83. The molecular formula is C21H32N4O3. The number of aromatic nitrogens is 1. The van der Waals surface area contributed by atoms with Crippen molar-refractivity contribution in [2.45, 2.75) is 32.1 Å². The zero-order chi connectivity index (χ0) is 19.6. The summed E-state index contributed by atoms with van der Waals surface area (Å²) in [6, 6.07) is 5.89. The molecular weight excluding hydrogens is 356 g/mol. The van der Waals surface area contributed by atoms with E-state index in [1.54, 1.807) is 6.20 Å². The summed E-state index contributed by atoms with van der Waals surface area (Å²) in [4.78, 5) is 33.3. The molecule has 2 aliphatic rings. The molecule has 7 heteroatoms. The number of likely N-dealkylation sites (tertiary alicyclic amines) is 1. The standard InChI is InChI=1S/C21H32N4O3/c26-20-8-7-18(17-25(20)12-4-11-24-13-15-28-16-14-24)21(27)23-10-3-6-19-5-1-2-9-22-19/h1-2,5,9,18H,3-4,6-8,10-17H2,(H,23,27)/t18-/m1/s1. The fourth-order valence-corrected chi connectivity index (χ4v) is 3.83. The van der Waals surface area contributed by atoms with E-state index in [9.17, 15) is 9.59 Å². The van der Waals surface area contributed by atoms with Crippen molar-refractivity contribution in [1.82, 2.24) is 20.1 Å². The average Bonchev–Trinajstić information content (AvgIpc) is 2.74. The Labute approximate surface area is 167 Å². The Kier molecular flexibility index (Phi) is 8.23. The number of carbonyl (C=O) groups excluding carboxylic acids is 2. The summed E-state index contributed by atoms with van der Waals surface area (Å²) in [6.45, 7) is 6.45. The van der Waals surface area contributed by atoms with E-state index < -0.39 is 0 Å². The highest BCUT2D eigenvalue weighted by Crippen LogP contribution is 2.18. The molecule has 0 aromatic carbocycles. The van der Waals surface area contributed by atoms with Crippen LogP contribution in [0.25, 0.3) is 0 Å². The van der Waals surface area contributed by atoms with Crippen molar-refractivity contribution >= 4 is 11.8 Å². The van der Waals surface area contributed by atoms with Gasteiger partial charge in [0.1, 0.15) is 0 Å². The highest BCUT2D eigenvalue weighted by atomic mass is 16.5. The number of nitrogens with one attached hydrogen (secondary N) is 1. The number of nitrogens with zero attached hydrogens (tertiary/aromatic N) is 3. The Morgan fingerprint density at radius 3 is 2.86 bits per heavy atom. The van der Waals surface area contributed by atoms with E-state index in [0.29, 0.717) is 25.9 Å². The van der Waals surface area contributed by atoms with Crippen molar-refractivity contribution < 1.29 is 14.3 Å². The Morgan fingerprint density at radius 2 is 2.07 bits per heavy atom. The SMILES string of the molecule is O=C(NCCCc1ccccn1)[C@@H]1CCC(=O)N(CCCN2CCOCC2)C1. The van der Waals surface area contributed by atoms with Crippen LogP contribution in [0.15, 0.2) is 24.4 Å². The van der Waals surface area contributed by atoms with E-state index in [-0.39, 0.29) is 17.7 Å². The van der Waals surface area contributed by atoms with Crippen molar-refractivity contribution in [1.29, 1.82) is 0 Å². The zero-order valence-corrected chi connectivity index (χ0v) is 16.6. The molecule has 0 aliphatic carbocycles. The van der Waals surface area contributed by atoms with Gasteiger partial charge in [-0.05, 0) is 37.8 Å². The van der Waals surface area contributed by atoms with Gasteiger partial charge in [-0.25, -0.2) is 0 Å². The van der Waals surface area contributed by atoms with Gasteiger partial charge in [-0.2, -0.15) is 0 Å². The van der Waals surface area contributed by atoms with Crippen LogP contribution >= 0.6 is 0 Å². The smallest absolute Gasteiger partial charge is 0.224 e. The van der Waals surface area contributed by atoms with Gasteiger partial charge in [0.25, 0.3) is 0 Å². The van der Waals surface area contributed by atoms with Crippen LogP contribution in [-0.2, 0) is 20.7 Å². The summed E-state index contributed by atoms with van der Waals surface area (Å²) in [5, 5.41) is 3.04. The average molecular weight is 389 g/mol. The summed E-state index contributed by atoms with van der Waals surface area (Å²) >= 11 is 0. The number of hydrogen-bond acceptors (Lipinski definition) is 5. The number of hydrogen-bond donors (Lipinski definition) is 1. The summed E-state index contributed by atoms with van der Waals surface area (Å²) in [7, 11) is 0. The van der Waals surface area contributed by atoms with Gasteiger partial charge in [0.2, 0.25) is 11.8 Å². The molecule has 3 heterocycles. The molecule has 7 nitrogen and oxygen atoms in total. The monoisotopic (exact) mass is 388 g/mol. The Hall–Kier alpha value is -1.99. The molecule has 1 aromatic heterocycles. The highest BCUT2D eigenvalue weighted by Gasteiger charge is 2.29. The lowest BCUT2D eigenvalue weighted by atomic mass is 9.96. The molecule has 0 bridgehead atoms. The van der Waals surface area contributed by atoms with E-state index in [0.717, 1.165) is 64.3 Å². The van der Waals surface area contributed by atoms with Gasteiger partial charge in [0.05, 0.1) is 19.1 Å². The lowest BCUT2D eigenvalue weighted by Crippen LogP contribution is -2.47. The van der Waals surface area contributed by atoms with E-state index in [1.807, 2.05) is 23.1 Å². The number of rotatable bonds is 9. The predicted molar refractivity (Wildman–Crippen MR) is 107 cm³/mol. The van der Waals surface area contributed by atoms with E-state index in [2.05, 4.69) is 15.2 Å². The number of morpholine rings is 1. The third-order valence-electron chi connectivity index (χ3n) is 5.51. The molecule has 0 radical (unpaired) electrons. The Morgan fingerprint density at radius 1 is 1.21 bits per heavy atom. The summed E-state index contributed by atoms with van der Waals surface area (Å²) in [6.07, 6.45) is 5.61. The molecule has 1 atom stereocenters. The first-order valence-electron chi connectivity index (χ1n) is 10.5. The molecule has 2 amide bonds. The van der Waals surface area contributed by atoms with Crippen LogP contribution in [0.2, 0.25) is 0 Å². The number of piperidine rings is 1. The lowest BCUT2D eigenvalue weighted by Gasteiger charge is -2.33. The van der Waals surface area contributed by atoms with Crippen molar-refractivity contribution in [2.24, 2.45) is 5.92 Å². The Balaban J connectivity index is 1.34. The van der Waals surface area contributed by atoms with E-state index in [4.69, 9.17) is 4.74 Å². The van der Waals surface area contributed by atoms with Crippen molar-refractivity contribution in [3.63, 3.8) is 0 Å². The number of amides is 2. The van der Waals surface area contributed by atoms with Crippen LogP contribution in [0.3, 0.4) is 0 Å². The van der Waals surface area contributed by atoms with E-state index in [1.165, 1.54) is 0 Å². The van der Waals surface area contributed by atoms with Crippen LogP contribution in [0, 0.1) is 5.92 Å². The van der Waals surface area contributed by atoms with Gasteiger partial charge in [0.15, 0.2) is 0 Å². The molecule has 28 heavy (non-hydrogen) atoms. The van der Waals surface area contributed by atoms with Gasteiger partial charge in [-0.3, -0.25) is 19.5 Å². The molecule has 1 N–H and O–H groups in total. The number of pyridine rings is 1. The van der Waals surface area contributed by atoms with Crippen molar-refractivity contribution in [2.75, 3.05) is 52.5 Å². The number of carbonyl (C=O) groups is 2. The third-order valence-corrected chi connectivity index (χ3v) is 5.51. The quantitative estimate of drug-likeness (QED) is 0.641. The first-order chi connectivity index (χ1) is 13.7. The third kappa shape index (κ3) is 6.56. The first kappa shape index (κ1) is 20.7. The zero-order valence-electron chi connectivity index (χ0n) is 16.6. The van der Waals surface area contributed by atoms with Gasteiger partial charge in [-0.15, -0.1) is 0 Å². The maximum absolute atomic E-state index is 12.5. The van der Waals surface area contributed by atoms with Crippen LogP contribution in [0.1, 0.15) is 31.4 Å². The molecule has 0 spiro atoms. The van der Waals surface area contributed by atoms with Crippen LogP contribution < -0.4 is 5.32 Å². The maximum Gasteiger partial charge on any atom is 0.224 e. The molecule has 3 rings (SSSR count). The summed E-state index contributed by atoms with van der Waals surface area (Å²) in [5.41, 5.74) is 1.05. The maximum atomic E-state index is 12.5. The van der Waals surface area contributed by atoms with Crippen molar-refractivity contribution in [3.8, 4) is 0 Å². The molecule has 1 aromatic rings. The fourth-order valence-electron chi connectivity index (χ4n) is 3.83. The largest absolute Gasteiger partial charge is 0.379 e. The van der Waals surface area contributed by atoms with Gasteiger partial charge in [0, 0.05) is 57.6 Å². The second-order valence-corrected chi connectivity index (χ2v) is 7.60. The second-order valence-electron chi connectivity index (χ2n) is 7.60. The van der Waals surface area contributed by atoms with Gasteiger partial charge >= 0.3 is 0 Å². The van der Waals surface area contributed by atoms with Crippen LogP contribution in [0.5, 0.6) is 0 Å². The van der Waals surface area contributed by atoms with Crippen LogP contribution in [-0.4, -0.2) is 79.1 Å². The minimum atomic E-state index is -0.0871. The summed E-state index contributed by atoms with van der Waals surface area (Å²) < 4.78 is 5.36. The minimum Gasteiger partial charge on any atom is -0.379 e. The van der Waals surface area contributed by atoms with E-state index >= 15 is 0 Å². The van der Waals surface area contributed by atoms with Gasteiger partial charge < -0.3 is 15.0 Å². The predicted octanol–water partition coefficient (Wildman–Crippen LogP) is 1.09. The Bertz CT molecular complexity index is 619. The minimum absolute atomic E-state index is 0.0756. The number of ether oxygens (including phenoxy) is 1. The molecule has 2 aliphatic heterocycles. The normalized spacial score (nSPS) is 20.9. The first-order valence-corrected chi connectivity index (χ1v) is 10.5. The summed E-state index contributed by atoms with van der Waals surface area (Å²) in [5.74, 6) is 0.170. The lowest BCUT2D eigenvalue weighted by molar-refractivity contribution is -0.138. The molecule has 2 fully saturated rings. The molecule has 154 valence electrons. The second kappa shape index (κ2) is 11.1. The van der Waals surface area contributed by atoms with Gasteiger partial charge in [-0.1, -0.05) is 6.07 Å². The van der Waals surface area contributed by atoms with Crippen LogP contribution in [0.4, 0.5) is 0 Å². The topological polar surface area (TPSA) is 74.8 Å².